The Morgan fingerprint density at radius 2 is 1.50 bits per heavy atom. The lowest BCUT2D eigenvalue weighted by atomic mass is 10.3. The average Bonchev–Trinajstić information content (AvgIpc) is 2.50. The van der Waals surface area contributed by atoms with Crippen LogP contribution in [0.4, 0.5) is 0 Å². The van der Waals surface area contributed by atoms with Crippen LogP contribution in [0.1, 0.15) is 48.5 Å². The Balaban J connectivity index is 3.17. The van der Waals surface area contributed by atoms with E-state index in [4.69, 9.17) is 0 Å². The SMILES string of the molecule is C=C(C)/C(=C/C#C[Si](C(C)C)(C(C)C)C(C)C)Sc1ccccc1. The highest BCUT2D eigenvalue weighted by atomic mass is 32.2. The minimum Gasteiger partial charge on any atom is -0.126 e. The van der Waals surface area contributed by atoms with Crippen molar-refractivity contribution in [3.05, 3.63) is 53.5 Å². The first-order chi connectivity index (χ1) is 11.2. The molecule has 0 aliphatic heterocycles. The van der Waals surface area contributed by atoms with Crippen molar-refractivity contribution in [2.24, 2.45) is 0 Å². The standard InChI is InChI=1S/C22H32SSi/c1-17(2)22(23-21-13-10-9-11-14-21)15-12-16-24(18(3)4,19(5)6)20(7)8/h9-11,13-15,18-20H,1H2,2-8H3/b22-15-. The summed E-state index contributed by atoms with van der Waals surface area (Å²) in [5, 5.41) is 0. The Morgan fingerprint density at radius 3 is 1.92 bits per heavy atom. The fraction of sp³-hybridized carbons (Fsp3) is 0.455. The van der Waals surface area contributed by atoms with Gasteiger partial charge in [0.25, 0.3) is 0 Å². The minimum atomic E-state index is -1.67. The van der Waals surface area contributed by atoms with Crippen LogP contribution in [0.15, 0.2) is 58.4 Å². The quantitative estimate of drug-likeness (QED) is 0.220. The first kappa shape index (κ1) is 20.9. The molecule has 1 rings (SSSR count). The average molecular weight is 357 g/mol. The van der Waals surface area contributed by atoms with E-state index >= 15 is 0 Å². The highest BCUT2D eigenvalue weighted by Crippen LogP contribution is 2.40. The Hall–Kier alpha value is -1.17. The fourth-order valence-corrected chi connectivity index (χ4v) is 9.54. The van der Waals surface area contributed by atoms with Crippen LogP contribution < -0.4 is 0 Å². The molecule has 0 amide bonds. The maximum atomic E-state index is 4.13. The molecule has 1 aromatic rings. The van der Waals surface area contributed by atoms with Gasteiger partial charge >= 0.3 is 0 Å². The number of rotatable bonds is 6. The first-order valence-corrected chi connectivity index (χ1v) is 11.9. The monoisotopic (exact) mass is 356 g/mol. The summed E-state index contributed by atoms with van der Waals surface area (Å²) in [4.78, 5) is 2.39. The van der Waals surface area contributed by atoms with Crippen molar-refractivity contribution in [2.75, 3.05) is 0 Å². The number of thioether (sulfide) groups is 1. The van der Waals surface area contributed by atoms with Gasteiger partial charge in [-0.1, -0.05) is 84.0 Å². The van der Waals surface area contributed by atoms with E-state index in [0.717, 1.165) is 10.5 Å². The van der Waals surface area contributed by atoms with Crippen LogP contribution in [0.2, 0.25) is 16.6 Å². The lowest BCUT2D eigenvalue weighted by Crippen LogP contribution is -2.43. The molecule has 0 saturated heterocycles. The van der Waals surface area contributed by atoms with Gasteiger partial charge in [0.05, 0.1) is 0 Å². The summed E-state index contributed by atoms with van der Waals surface area (Å²) < 4.78 is 0. The van der Waals surface area contributed by atoms with Crippen LogP contribution >= 0.6 is 11.8 Å². The molecule has 0 radical (unpaired) electrons. The second kappa shape index (κ2) is 9.35. The van der Waals surface area contributed by atoms with Crippen LogP contribution in [0.25, 0.3) is 0 Å². The van der Waals surface area contributed by atoms with Crippen LogP contribution in [-0.4, -0.2) is 8.07 Å². The molecule has 1 aromatic carbocycles. The number of allylic oxidation sites excluding steroid dienone is 2. The predicted molar refractivity (Wildman–Crippen MR) is 114 cm³/mol. The molecular weight excluding hydrogens is 324 g/mol. The van der Waals surface area contributed by atoms with Crippen molar-refractivity contribution < 1.29 is 0 Å². The topological polar surface area (TPSA) is 0 Å². The smallest absolute Gasteiger partial charge is 0.126 e. The van der Waals surface area contributed by atoms with Crippen molar-refractivity contribution in [2.45, 2.75) is 70.0 Å². The van der Waals surface area contributed by atoms with Crippen molar-refractivity contribution >= 4 is 19.8 Å². The Bertz CT molecular complexity index is 605. The molecule has 0 unspecified atom stereocenters. The Kier molecular flexibility index (Phi) is 8.13. The Labute approximate surface area is 154 Å². The molecule has 2 heteroatoms. The molecule has 0 aliphatic carbocycles. The van der Waals surface area contributed by atoms with Gasteiger partial charge in [0.2, 0.25) is 0 Å². The Morgan fingerprint density at radius 1 is 1.00 bits per heavy atom. The van der Waals surface area contributed by atoms with Crippen LogP contribution in [-0.2, 0) is 0 Å². The van der Waals surface area contributed by atoms with E-state index in [1.165, 1.54) is 4.90 Å². The molecular formula is C22H32SSi. The normalized spacial score (nSPS) is 12.5. The summed E-state index contributed by atoms with van der Waals surface area (Å²) in [6.07, 6.45) is 2.08. The molecule has 0 N–H and O–H groups in total. The first-order valence-electron chi connectivity index (χ1n) is 8.83. The van der Waals surface area contributed by atoms with E-state index in [-0.39, 0.29) is 0 Å². The molecule has 0 bridgehead atoms. The summed E-state index contributed by atoms with van der Waals surface area (Å²) in [6, 6.07) is 10.4. The third kappa shape index (κ3) is 5.16. The molecule has 0 aliphatic rings. The molecule has 0 atom stereocenters. The number of benzene rings is 1. The van der Waals surface area contributed by atoms with Gasteiger partial charge in [0, 0.05) is 15.9 Å². The zero-order chi connectivity index (χ0) is 18.3. The van der Waals surface area contributed by atoms with Gasteiger partial charge in [0.15, 0.2) is 0 Å². The summed E-state index contributed by atoms with van der Waals surface area (Å²) in [7, 11) is -1.67. The van der Waals surface area contributed by atoms with Crippen LogP contribution in [0.5, 0.6) is 0 Å². The summed E-state index contributed by atoms with van der Waals surface area (Å²) >= 11 is 1.75. The van der Waals surface area contributed by atoms with Crippen LogP contribution in [0, 0.1) is 11.5 Å². The van der Waals surface area contributed by atoms with E-state index in [0.29, 0.717) is 16.6 Å². The summed E-state index contributed by atoms with van der Waals surface area (Å²) in [5.74, 6) is 3.44. The van der Waals surface area contributed by atoms with Crippen molar-refractivity contribution in [1.82, 2.24) is 0 Å². The predicted octanol–water partition coefficient (Wildman–Crippen LogP) is 7.46. The second-order valence-electron chi connectivity index (χ2n) is 7.37. The highest BCUT2D eigenvalue weighted by Gasteiger charge is 2.41. The largest absolute Gasteiger partial charge is 0.146 e. The van der Waals surface area contributed by atoms with Crippen molar-refractivity contribution in [3.63, 3.8) is 0 Å². The molecule has 0 fully saturated rings. The molecule has 0 heterocycles. The van der Waals surface area contributed by atoms with Crippen LogP contribution in [0.3, 0.4) is 0 Å². The van der Waals surface area contributed by atoms with Gasteiger partial charge in [-0.2, -0.15) is 0 Å². The van der Waals surface area contributed by atoms with E-state index in [9.17, 15) is 0 Å². The van der Waals surface area contributed by atoms with E-state index in [1.807, 2.05) is 6.07 Å². The molecule has 0 nitrogen and oxygen atoms in total. The van der Waals surface area contributed by atoms with Gasteiger partial charge < -0.3 is 0 Å². The summed E-state index contributed by atoms with van der Waals surface area (Å²) in [5.41, 5.74) is 6.82. The summed E-state index contributed by atoms with van der Waals surface area (Å²) in [6.45, 7) is 20.3. The van der Waals surface area contributed by atoms with Crippen molar-refractivity contribution in [3.8, 4) is 11.5 Å². The van der Waals surface area contributed by atoms with E-state index < -0.39 is 8.07 Å². The van der Waals surface area contributed by atoms with Crippen molar-refractivity contribution in [1.29, 1.82) is 0 Å². The van der Waals surface area contributed by atoms with E-state index in [2.05, 4.69) is 96.9 Å². The minimum absolute atomic E-state index is 0.661. The zero-order valence-corrected chi connectivity index (χ0v) is 18.1. The van der Waals surface area contributed by atoms with Gasteiger partial charge in [0.1, 0.15) is 8.07 Å². The maximum absolute atomic E-state index is 4.13. The lowest BCUT2D eigenvalue weighted by Gasteiger charge is -2.38. The maximum Gasteiger partial charge on any atom is 0.146 e. The lowest BCUT2D eigenvalue weighted by molar-refractivity contribution is 0.838. The van der Waals surface area contributed by atoms with Gasteiger partial charge in [-0.3, -0.25) is 0 Å². The molecule has 0 aromatic heterocycles. The number of hydrogen-bond acceptors (Lipinski definition) is 1. The van der Waals surface area contributed by atoms with E-state index in [1.54, 1.807) is 11.8 Å². The third-order valence-electron chi connectivity index (χ3n) is 4.75. The zero-order valence-electron chi connectivity index (χ0n) is 16.3. The molecule has 24 heavy (non-hydrogen) atoms. The third-order valence-corrected chi connectivity index (χ3v) is 12.3. The number of hydrogen-bond donors (Lipinski definition) is 0. The molecule has 130 valence electrons. The molecule has 0 spiro atoms. The highest BCUT2D eigenvalue weighted by molar-refractivity contribution is 8.03. The second-order valence-corrected chi connectivity index (χ2v) is 14.1. The van der Waals surface area contributed by atoms with Gasteiger partial charge in [-0.25, -0.2) is 0 Å². The van der Waals surface area contributed by atoms with Gasteiger partial charge in [-0.05, 0) is 41.3 Å². The molecule has 0 saturated carbocycles. The van der Waals surface area contributed by atoms with Gasteiger partial charge in [-0.15, -0.1) is 5.54 Å². The fourth-order valence-electron chi connectivity index (χ4n) is 3.51.